The van der Waals surface area contributed by atoms with E-state index in [2.05, 4.69) is 6.58 Å². The van der Waals surface area contributed by atoms with Crippen molar-refractivity contribution in [3.8, 4) is 28.2 Å². The molecule has 0 atom stereocenters. The minimum Gasteiger partial charge on any atom is -0.502 e. The molecule has 0 radical (unpaired) electrons. The van der Waals surface area contributed by atoms with Gasteiger partial charge in [0, 0.05) is 11.1 Å². The van der Waals surface area contributed by atoms with Gasteiger partial charge in [0.15, 0.2) is 5.76 Å². The summed E-state index contributed by atoms with van der Waals surface area (Å²) in [6, 6.07) is 22.3. The van der Waals surface area contributed by atoms with Crippen LogP contribution < -0.4 is 5.43 Å². The summed E-state index contributed by atoms with van der Waals surface area (Å²) in [5.74, 6) is -0.212. The molecule has 0 unspecified atom stereocenters. The average molecular weight is 340 g/mol. The van der Waals surface area contributed by atoms with Crippen LogP contribution in [0.4, 0.5) is 0 Å². The Hall–Kier alpha value is -3.59. The SMILES string of the molecule is C=Cc1ccc2oc(-c3ccccc3)c(O)c(=O)c2c1-c1ccccc1. The molecule has 1 heterocycles. The molecule has 0 fully saturated rings. The molecular formula is C23H16O3. The maximum Gasteiger partial charge on any atom is 0.235 e. The van der Waals surface area contributed by atoms with Crippen molar-refractivity contribution in [1.82, 2.24) is 0 Å². The fraction of sp³-hybridized carbons (Fsp3) is 0. The van der Waals surface area contributed by atoms with Gasteiger partial charge in [0.1, 0.15) is 5.58 Å². The molecule has 3 aromatic carbocycles. The van der Waals surface area contributed by atoms with Gasteiger partial charge < -0.3 is 9.52 Å². The molecule has 0 saturated carbocycles. The zero-order valence-corrected chi connectivity index (χ0v) is 14.0. The van der Waals surface area contributed by atoms with Crippen molar-refractivity contribution in [3.05, 3.63) is 95.2 Å². The lowest BCUT2D eigenvalue weighted by Crippen LogP contribution is -2.05. The van der Waals surface area contributed by atoms with E-state index >= 15 is 0 Å². The molecule has 0 amide bonds. The number of hydrogen-bond acceptors (Lipinski definition) is 3. The molecule has 126 valence electrons. The normalized spacial score (nSPS) is 10.8. The molecule has 0 aliphatic heterocycles. The van der Waals surface area contributed by atoms with E-state index in [9.17, 15) is 9.90 Å². The lowest BCUT2D eigenvalue weighted by Gasteiger charge is -2.12. The summed E-state index contributed by atoms with van der Waals surface area (Å²) in [5.41, 5.74) is 3.01. The van der Waals surface area contributed by atoms with E-state index in [0.29, 0.717) is 22.1 Å². The Morgan fingerprint density at radius 3 is 2.08 bits per heavy atom. The molecule has 3 nitrogen and oxygen atoms in total. The zero-order valence-electron chi connectivity index (χ0n) is 14.0. The van der Waals surface area contributed by atoms with E-state index < -0.39 is 5.43 Å². The maximum atomic E-state index is 13.0. The minimum atomic E-state index is -0.451. The van der Waals surface area contributed by atoms with E-state index in [1.807, 2.05) is 54.6 Å². The largest absolute Gasteiger partial charge is 0.502 e. The van der Waals surface area contributed by atoms with Crippen molar-refractivity contribution in [1.29, 1.82) is 0 Å². The molecule has 1 N–H and O–H groups in total. The predicted molar refractivity (Wildman–Crippen MR) is 105 cm³/mol. The van der Waals surface area contributed by atoms with E-state index in [0.717, 1.165) is 11.1 Å². The second-order valence-electron chi connectivity index (χ2n) is 5.95. The topological polar surface area (TPSA) is 50.4 Å². The maximum absolute atomic E-state index is 13.0. The molecule has 4 rings (SSSR count). The van der Waals surface area contributed by atoms with E-state index in [1.54, 1.807) is 24.3 Å². The molecule has 26 heavy (non-hydrogen) atoms. The van der Waals surface area contributed by atoms with Gasteiger partial charge in [-0.1, -0.05) is 79.4 Å². The summed E-state index contributed by atoms with van der Waals surface area (Å²) in [5, 5.41) is 10.9. The Morgan fingerprint density at radius 2 is 1.46 bits per heavy atom. The highest BCUT2D eigenvalue weighted by Crippen LogP contribution is 2.36. The molecule has 4 aromatic rings. The lowest BCUT2D eigenvalue weighted by atomic mass is 9.94. The monoisotopic (exact) mass is 340 g/mol. The molecular weight excluding hydrogens is 324 g/mol. The van der Waals surface area contributed by atoms with Gasteiger partial charge in [0.05, 0.1) is 5.39 Å². The predicted octanol–water partition coefficient (Wildman–Crippen LogP) is 5.48. The number of aromatic hydroxyl groups is 1. The molecule has 1 aromatic heterocycles. The first-order chi connectivity index (χ1) is 12.7. The van der Waals surface area contributed by atoms with E-state index in [1.165, 1.54) is 0 Å². The summed E-state index contributed by atoms with van der Waals surface area (Å²) in [4.78, 5) is 13.0. The third kappa shape index (κ3) is 2.50. The fourth-order valence-corrected chi connectivity index (χ4v) is 3.16. The molecule has 0 aliphatic carbocycles. The summed E-state index contributed by atoms with van der Waals surface area (Å²) in [7, 11) is 0. The highest BCUT2D eigenvalue weighted by atomic mass is 16.4. The lowest BCUT2D eigenvalue weighted by molar-refractivity contribution is 0.449. The van der Waals surface area contributed by atoms with Crippen LogP contribution in [-0.2, 0) is 0 Å². The van der Waals surface area contributed by atoms with Crippen LogP contribution >= 0.6 is 0 Å². The van der Waals surface area contributed by atoms with Crippen LogP contribution in [-0.4, -0.2) is 5.11 Å². The van der Waals surface area contributed by atoms with E-state index in [4.69, 9.17) is 4.42 Å². The van der Waals surface area contributed by atoms with Gasteiger partial charge in [-0.25, -0.2) is 0 Å². The Bertz CT molecular complexity index is 1160. The van der Waals surface area contributed by atoms with Crippen LogP contribution in [0.25, 0.3) is 39.5 Å². The molecule has 0 aliphatic rings. The number of benzene rings is 3. The first kappa shape index (κ1) is 15.9. The van der Waals surface area contributed by atoms with Gasteiger partial charge in [-0.2, -0.15) is 0 Å². The zero-order chi connectivity index (χ0) is 18.1. The van der Waals surface area contributed by atoms with Crippen LogP contribution in [0.2, 0.25) is 0 Å². The van der Waals surface area contributed by atoms with Crippen molar-refractivity contribution in [2.24, 2.45) is 0 Å². The molecule has 3 heteroatoms. The summed E-state index contributed by atoms with van der Waals surface area (Å²) >= 11 is 0. The fourth-order valence-electron chi connectivity index (χ4n) is 3.16. The first-order valence-corrected chi connectivity index (χ1v) is 8.26. The summed E-state index contributed by atoms with van der Waals surface area (Å²) in [6.45, 7) is 3.85. The van der Waals surface area contributed by atoms with Gasteiger partial charge in [0.2, 0.25) is 11.2 Å². The van der Waals surface area contributed by atoms with Crippen LogP contribution in [0.1, 0.15) is 5.56 Å². The molecule has 0 spiro atoms. The third-order valence-electron chi connectivity index (χ3n) is 4.39. The smallest absolute Gasteiger partial charge is 0.235 e. The van der Waals surface area contributed by atoms with Crippen LogP contribution in [0.3, 0.4) is 0 Å². The van der Waals surface area contributed by atoms with Gasteiger partial charge in [-0.15, -0.1) is 0 Å². The summed E-state index contributed by atoms with van der Waals surface area (Å²) < 4.78 is 5.94. The second-order valence-corrected chi connectivity index (χ2v) is 5.95. The Kier molecular flexibility index (Phi) is 3.90. The highest BCUT2D eigenvalue weighted by molar-refractivity contribution is 5.99. The average Bonchev–Trinajstić information content (AvgIpc) is 2.71. The van der Waals surface area contributed by atoms with E-state index in [-0.39, 0.29) is 11.5 Å². The molecule has 0 bridgehead atoms. The Balaban J connectivity index is 2.11. The number of hydrogen-bond donors (Lipinski definition) is 1. The Morgan fingerprint density at radius 1 is 0.846 bits per heavy atom. The van der Waals surface area contributed by atoms with Gasteiger partial charge in [-0.3, -0.25) is 4.79 Å². The van der Waals surface area contributed by atoms with Gasteiger partial charge in [-0.05, 0) is 17.2 Å². The van der Waals surface area contributed by atoms with Crippen LogP contribution in [0.5, 0.6) is 5.75 Å². The van der Waals surface area contributed by atoms with Crippen LogP contribution in [0.15, 0.2) is 88.6 Å². The first-order valence-electron chi connectivity index (χ1n) is 8.26. The van der Waals surface area contributed by atoms with Crippen molar-refractivity contribution in [2.45, 2.75) is 0 Å². The number of fused-ring (bicyclic) bond motifs is 1. The third-order valence-corrected chi connectivity index (χ3v) is 4.39. The van der Waals surface area contributed by atoms with Gasteiger partial charge >= 0.3 is 0 Å². The standard InChI is InChI=1S/C23H16O3/c1-2-15-13-14-18-20(19(15)16-9-5-3-6-10-16)21(24)22(25)23(26-18)17-11-7-4-8-12-17/h2-14,25H,1H2. The van der Waals surface area contributed by atoms with Crippen molar-refractivity contribution in [2.75, 3.05) is 0 Å². The number of rotatable bonds is 3. The van der Waals surface area contributed by atoms with Crippen molar-refractivity contribution in [3.63, 3.8) is 0 Å². The van der Waals surface area contributed by atoms with Crippen molar-refractivity contribution < 1.29 is 9.52 Å². The van der Waals surface area contributed by atoms with Crippen LogP contribution in [0, 0.1) is 0 Å². The van der Waals surface area contributed by atoms with Crippen molar-refractivity contribution >= 4 is 17.0 Å². The van der Waals surface area contributed by atoms with Gasteiger partial charge in [0.25, 0.3) is 0 Å². The molecule has 0 saturated heterocycles. The Labute approximate surface area is 150 Å². The summed E-state index contributed by atoms with van der Waals surface area (Å²) in [6.07, 6.45) is 1.70. The second kappa shape index (κ2) is 6.37. The highest BCUT2D eigenvalue weighted by Gasteiger charge is 2.19. The minimum absolute atomic E-state index is 0.175. The quantitative estimate of drug-likeness (QED) is 0.537.